The SMILES string of the molecule is [Cl-].[Cl-].[Fe+3].[OH-]. The molecule has 4 heavy (non-hydrogen) atoms. The zero-order valence-electron chi connectivity index (χ0n) is 1.56. The van der Waals surface area contributed by atoms with E-state index in [-0.39, 0.29) is 47.4 Å². The molecule has 0 aromatic heterocycles. The molecule has 0 saturated carbocycles. The van der Waals surface area contributed by atoms with Gasteiger partial charge >= 0.3 is 17.1 Å². The Balaban J connectivity index is 0. The van der Waals surface area contributed by atoms with Crippen molar-refractivity contribution < 1.29 is 47.4 Å². The predicted molar refractivity (Wildman–Crippen MR) is 1.94 cm³/mol. The molecule has 0 bridgehead atoms. The Kier molecular flexibility index (Phi) is 629. The summed E-state index contributed by atoms with van der Waals surface area (Å²) < 4.78 is 0. The van der Waals surface area contributed by atoms with Crippen LogP contribution in [-0.4, -0.2) is 5.48 Å². The molecule has 0 amide bonds. The van der Waals surface area contributed by atoms with Gasteiger partial charge in [-0.25, -0.2) is 0 Å². The molecule has 1 nitrogen and oxygen atoms in total. The summed E-state index contributed by atoms with van der Waals surface area (Å²) in [6, 6.07) is 0. The Labute approximate surface area is 47.8 Å². The zero-order chi connectivity index (χ0) is 0. The van der Waals surface area contributed by atoms with Gasteiger partial charge in [0, 0.05) is 0 Å². The van der Waals surface area contributed by atoms with E-state index in [1.54, 1.807) is 0 Å². The van der Waals surface area contributed by atoms with Gasteiger partial charge in [-0.15, -0.1) is 0 Å². The van der Waals surface area contributed by atoms with E-state index in [9.17, 15) is 0 Å². The third kappa shape index (κ3) is 11.6. The number of hydrogen-bond donors (Lipinski definition) is 0. The van der Waals surface area contributed by atoms with Crippen molar-refractivity contribution in [3.05, 3.63) is 0 Å². The first-order valence-corrected chi connectivity index (χ1v) is 0. The van der Waals surface area contributed by atoms with E-state index in [2.05, 4.69) is 0 Å². The van der Waals surface area contributed by atoms with Crippen molar-refractivity contribution in [3.63, 3.8) is 0 Å². The molecule has 0 fully saturated rings. The molecular weight excluding hydrogens is 143 g/mol. The Morgan fingerprint density at radius 3 is 0.750 bits per heavy atom. The van der Waals surface area contributed by atoms with Crippen molar-refractivity contribution in [1.82, 2.24) is 0 Å². The zero-order valence-corrected chi connectivity index (χ0v) is 4.17. The maximum absolute atomic E-state index is 0. The Morgan fingerprint density at radius 1 is 0.750 bits per heavy atom. The van der Waals surface area contributed by atoms with Gasteiger partial charge in [-0.3, -0.25) is 0 Å². The van der Waals surface area contributed by atoms with Crippen LogP contribution in [0.2, 0.25) is 0 Å². The van der Waals surface area contributed by atoms with Crippen LogP contribution in [0.15, 0.2) is 0 Å². The first kappa shape index (κ1) is 74.3. The van der Waals surface area contributed by atoms with Gasteiger partial charge in [0.15, 0.2) is 0 Å². The molecule has 0 aliphatic carbocycles. The van der Waals surface area contributed by atoms with Gasteiger partial charge < -0.3 is 30.3 Å². The third-order valence-electron chi connectivity index (χ3n) is 0. The van der Waals surface area contributed by atoms with E-state index in [1.165, 1.54) is 0 Å². The summed E-state index contributed by atoms with van der Waals surface area (Å²) in [4.78, 5) is 0. The van der Waals surface area contributed by atoms with Gasteiger partial charge in [-0.1, -0.05) is 0 Å². The van der Waals surface area contributed by atoms with E-state index in [1.807, 2.05) is 0 Å². The van der Waals surface area contributed by atoms with Crippen LogP contribution in [0.1, 0.15) is 0 Å². The van der Waals surface area contributed by atoms with Crippen molar-refractivity contribution in [2.24, 2.45) is 0 Å². The van der Waals surface area contributed by atoms with Crippen molar-refractivity contribution in [3.8, 4) is 0 Å². The van der Waals surface area contributed by atoms with Crippen LogP contribution in [0.25, 0.3) is 0 Å². The van der Waals surface area contributed by atoms with Gasteiger partial charge in [-0.05, 0) is 0 Å². The van der Waals surface area contributed by atoms with Crippen molar-refractivity contribution in [1.29, 1.82) is 0 Å². The number of halogens is 2. The smallest absolute Gasteiger partial charge is 1.00 e. The Bertz CT molecular complexity index is 6.00. The second-order valence-corrected chi connectivity index (χ2v) is 0. The minimum absolute atomic E-state index is 0. The standard InChI is InChI=1S/2ClH.Fe.H2O/h2*1H;;1H2/q;;+3;/p-3. The van der Waals surface area contributed by atoms with Crippen LogP contribution in [0.4, 0.5) is 0 Å². The van der Waals surface area contributed by atoms with E-state index >= 15 is 0 Å². The van der Waals surface area contributed by atoms with Gasteiger partial charge in [0.05, 0.1) is 0 Å². The fourth-order valence-corrected chi connectivity index (χ4v) is 0. The molecule has 0 heterocycles. The second kappa shape index (κ2) is 33.9. The number of rotatable bonds is 0. The fraction of sp³-hybridized carbons (Fsp3) is 0. The largest absolute Gasteiger partial charge is 3.00 e. The molecule has 0 aromatic carbocycles. The minimum Gasteiger partial charge on any atom is -1.00 e. The average Bonchev–Trinajstić information content (AvgIpc) is 0. The quantitative estimate of drug-likeness (QED) is 0.311. The van der Waals surface area contributed by atoms with Gasteiger partial charge in [0.1, 0.15) is 0 Å². The van der Waals surface area contributed by atoms with Gasteiger partial charge in [0.2, 0.25) is 0 Å². The van der Waals surface area contributed by atoms with Crippen LogP contribution in [0.5, 0.6) is 0 Å². The van der Waals surface area contributed by atoms with Gasteiger partial charge in [-0.2, -0.15) is 0 Å². The summed E-state index contributed by atoms with van der Waals surface area (Å²) in [7, 11) is 0. The topological polar surface area (TPSA) is 30.0 Å². The molecule has 4 heteroatoms. The average molecular weight is 144 g/mol. The molecule has 29 valence electrons. The predicted octanol–water partition coefficient (Wildman–Crippen LogP) is -6.17. The second-order valence-electron chi connectivity index (χ2n) is 0. The van der Waals surface area contributed by atoms with E-state index in [0.717, 1.165) is 0 Å². The summed E-state index contributed by atoms with van der Waals surface area (Å²) in [6.45, 7) is 0. The molecule has 0 aliphatic rings. The molecule has 0 unspecified atom stereocenters. The Hall–Kier alpha value is 1.06. The van der Waals surface area contributed by atoms with Crippen LogP contribution >= 0.6 is 0 Å². The first-order valence-electron chi connectivity index (χ1n) is 0. The van der Waals surface area contributed by atoms with Gasteiger partial charge in [0.25, 0.3) is 0 Å². The van der Waals surface area contributed by atoms with Crippen LogP contribution in [0.3, 0.4) is 0 Å². The summed E-state index contributed by atoms with van der Waals surface area (Å²) in [5.41, 5.74) is 0. The molecule has 0 saturated heterocycles. The van der Waals surface area contributed by atoms with Crippen LogP contribution < -0.4 is 24.8 Å². The summed E-state index contributed by atoms with van der Waals surface area (Å²) in [6.07, 6.45) is 0. The fourth-order valence-electron chi connectivity index (χ4n) is 0. The van der Waals surface area contributed by atoms with E-state index < -0.39 is 0 Å². The Morgan fingerprint density at radius 2 is 0.750 bits per heavy atom. The van der Waals surface area contributed by atoms with Crippen molar-refractivity contribution in [2.45, 2.75) is 0 Å². The van der Waals surface area contributed by atoms with Crippen molar-refractivity contribution >= 4 is 0 Å². The first-order chi connectivity index (χ1) is 0. The summed E-state index contributed by atoms with van der Waals surface area (Å²) in [5.74, 6) is 0. The normalized spacial score (nSPS) is 0. The summed E-state index contributed by atoms with van der Waals surface area (Å²) in [5, 5.41) is 0. The van der Waals surface area contributed by atoms with E-state index in [4.69, 9.17) is 0 Å². The van der Waals surface area contributed by atoms with Crippen molar-refractivity contribution in [2.75, 3.05) is 0 Å². The third-order valence-corrected chi connectivity index (χ3v) is 0. The maximum Gasteiger partial charge on any atom is 3.00 e. The molecule has 0 spiro atoms. The van der Waals surface area contributed by atoms with Crippen LogP contribution in [-0.2, 0) is 17.1 Å². The molecule has 0 aromatic rings. The number of hydrogen-bond acceptors (Lipinski definition) is 1. The molecule has 0 atom stereocenters. The molecule has 1 radical (unpaired) electrons. The minimum atomic E-state index is 0. The molecule has 0 rings (SSSR count). The molecule has 0 aliphatic heterocycles. The summed E-state index contributed by atoms with van der Waals surface area (Å²) >= 11 is 0. The molecule has 1 N–H and O–H groups in total. The molecular formula is HCl2FeO. The monoisotopic (exact) mass is 143 g/mol. The maximum atomic E-state index is 0. The van der Waals surface area contributed by atoms with Crippen LogP contribution in [0, 0.1) is 0 Å². The van der Waals surface area contributed by atoms with E-state index in [0.29, 0.717) is 0 Å².